The minimum atomic E-state index is -2.44. The number of halogens is 2. The standard InChI is InChI=1S/C13H12F2N2OS/c1-17-8-2-3-11(17)12(18)16-9-4-6-10(7-5-9)19-13(14)15/h2-8,13H,1H3,(H,16,18). The van der Waals surface area contributed by atoms with Crippen LogP contribution in [0.15, 0.2) is 47.5 Å². The molecule has 100 valence electrons. The maximum Gasteiger partial charge on any atom is 0.288 e. The van der Waals surface area contributed by atoms with Crippen LogP contribution < -0.4 is 5.32 Å². The third-order valence-corrected chi connectivity index (χ3v) is 3.24. The maximum absolute atomic E-state index is 12.2. The number of rotatable bonds is 4. The first-order valence-corrected chi connectivity index (χ1v) is 6.42. The van der Waals surface area contributed by atoms with E-state index in [-0.39, 0.29) is 5.91 Å². The maximum atomic E-state index is 12.2. The van der Waals surface area contributed by atoms with Gasteiger partial charge in [-0.3, -0.25) is 4.79 Å². The molecule has 0 saturated carbocycles. The van der Waals surface area contributed by atoms with Crippen molar-refractivity contribution >= 4 is 23.4 Å². The third-order valence-electron chi connectivity index (χ3n) is 2.51. The molecule has 2 rings (SSSR count). The van der Waals surface area contributed by atoms with Crippen molar-refractivity contribution in [3.05, 3.63) is 48.3 Å². The predicted molar refractivity (Wildman–Crippen MR) is 71.7 cm³/mol. The lowest BCUT2D eigenvalue weighted by atomic mass is 10.3. The van der Waals surface area contributed by atoms with E-state index in [0.29, 0.717) is 28.0 Å². The second kappa shape index (κ2) is 5.88. The Labute approximate surface area is 113 Å². The van der Waals surface area contributed by atoms with Crippen molar-refractivity contribution in [1.82, 2.24) is 4.57 Å². The number of hydrogen-bond acceptors (Lipinski definition) is 2. The van der Waals surface area contributed by atoms with Crippen LogP contribution in [0.3, 0.4) is 0 Å². The molecule has 0 bridgehead atoms. The Hall–Kier alpha value is -1.82. The van der Waals surface area contributed by atoms with E-state index in [9.17, 15) is 13.6 Å². The normalized spacial score (nSPS) is 10.7. The molecule has 0 aliphatic carbocycles. The first-order chi connectivity index (χ1) is 9.06. The first-order valence-electron chi connectivity index (χ1n) is 5.54. The molecule has 1 amide bonds. The monoisotopic (exact) mass is 282 g/mol. The van der Waals surface area contributed by atoms with Crippen molar-refractivity contribution in [3.63, 3.8) is 0 Å². The van der Waals surface area contributed by atoms with E-state index >= 15 is 0 Å². The number of nitrogens with zero attached hydrogens (tertiary/aromatic N) is 1. The highest BCUT2D eigenvalue weighted by Gasteiger charge is 2.09. The van der Waals surface area contributed by atoms with E-state index in [1.165, 1.54) is 0 Å². The molecule has 3 nitrogen and oxygen atoms in total. The molecule has 0 radical (unpaired) electrons. The molecule has 1 heterocycles. The number of thioether (sulfide) groups is 1. The van der Waals surface area contributed by atoms with Crippen molar-refractivity contribution in [1.29, 1.82) is 0 Å². The fraction of sp³-hybridized carbons (Fsp3) is 0.154. The highest BCUT2D eigenvalue weighted by Crippen LogP contribution is 2.26. The highest BCUT2D eigenvalue weighted by molar-refractivity contribution is 7.99. The van der Waals surface area contributed by atoms with Gasteiger partial charge in [0.15, 0.2) is 0 Å². The van der Waals surface area contributed by atoms with Crippen LogP contribution in [0, 0.1) is 0 Å². The Morgan fingerprint density at radius 3 is 2.47 bits per heavy atom. The molecule has 0 spiro atoms. The molecule has 0 atom stereocenters. The molecule has 2 aromatic rings. The topological polar surface area (TPSA) is 34.0 Å². The molecule has 0 saturated heterocycles. The number of carbonyl (C=O) groups excluding carboxylic acids is 1. The number of anilines is 1. The van der Waals surface area contributed by atoms with E-state index in [4.69, 9.17) is 0 Å². The number of carbonyl (C=O) groups is 1. The molecule has 0 fully saturated rings. The lowest BCUT2D eigenvalue weighted by molar-refractivity contribution is 0.101. The molecule has 1 aromatic heterocycles. The second-order valence-electron chi connectivity index (χ2n) is 3.86. The summed E-state index contributed by atoms with van der Waals surface area (Å²) in [5.41, 5.74) is 1.11. The Morgan fingerprint density at radius 1 is 1.26 bits per heavy atom. The highest BCUT2D eigenvalue weighted by atomic mass is 32.2. The van der Waals surface area contributed by atoms with E-state index in [2.05, 4.69) is 5.32 Å². The minimum Gasteiger partial charge on any atom is -0.347 e. The SMILES string of the molecule is Cn1cccc1C(=O)Nc1ccc(SC(F)F)cc1. The van der Waals surface area contributed by atoms with Gasteiger partial charge in [-0.25, -0.2) is 0 Å². The van der Waals surface area contributed by atoms with Crippen LogP contribution in [-0.4, -0.2) is 16.2 Å². The van der Waals surface area contributed by atoms with Gasteiger partial charge in [-0.05, 0) is 36.4 Å². The minimum absolute atomic E-state index is 0.234. The Balaban J connectivity index is 2.04. The lowest BCUT2D eigenvalue weighted by Crippen LogP contribution is -2.15. The van der Waals surface area contributed by atoms with E-state index < -0.39 is 5.76 Å². The van der Waals surface area contributed by atoms with Gasteiger partial charge in [0.05, 0.1) is 0 Å². The van der Waals surface area contributed by atoms with Crippen LogP contribution in [0.25, 0.3) is 0 Å². The summed E-state index contributed by atoms with van der Waals surface area (Å²) in [6.45, 7) is 0. The smallest absolute Gasteiger partial charge is 0.288 e. The largest absolute Gasteiger partial charge is 0.347 e. The molecule has 1 aromatic carbocycles. The summed E-state index contributed by atoms with van der Waals surface area (Å²) in [4.78, 5) is 12.4. The fourth-order valence-electron chi connectivity index (χ4n) is 1.61. The number of amides is 1. The third kappa shape index (κ3) is 3.57. The Kier molecular flexibility index (Phi) is 4.21. The number of alkyl halides is 2. The zero-order chi connectivity index (χ0) is 13.8. The molecule has 0 aliphatic rings. The molecular weight excluding hydrogens is 270 g/mol. The van der Waals surface area contributed by atoms with Crippen molar-refractivity contribution in [2.24, 2.45) is 7.05 Å². The van der Waals surface area contributed by atoms with E-state index in [1.54, 1.807) is 54.2 Å². The van der Waals surface area contributed by atoms with Crippen molar-refractivity contribution < 1.29 is 13.6 Å². The summed E-state index contributed by atoms with van der Waals surface area (Å²) in [5.74, 6) is -2.68. The van der Waals surface area contributed by atoms with Gasteiger partial charge in [0.25, 0.3) is 11.7 Å². The number of aromatic nitrogens is 1. The summed E-state index contributed by atoms with van der Waals surface area (Å²) < 4.78 is 26.0. The van der Waals surface area contributed by atoms with Gasteiger partial charge in [0, 0.05) is 23.8 Å². The van der Waals surface area contributed by atoms with Gasteiger partial charge in [0.1, 0.15) is 5.69 Å². The van der Waals surface area contributed by atoms with Crippen LogP contribution in [-0.2, 0) is 7.05 Å². The number of nitrogens with one attached hydrogen (secondary N) is 1. The van der Waals surface area contributed by atoms with Crippen LogP contribution in [0.5, 0.6) is 0 Å². The lowest BCUT2D eigenvalue weighted by Gasteiger charge is -2.07. The molecular formula is C13H12F2N2OS. The van der Waals surface area contributed by atoms with Crippen molar-refractivity contribution in [3.8, 4) is 0 Å². The molecule has 19 heavy (non-hydrogen) atoms. The summed E-state index contributed by atoms with van der Waals surface area (Å²) in [6.07, 6.45) is 1.78. The van der Waals surface area contributed by atoms with Gasteiger partial charge in [-0.1, -0.05) is 11.8 Å². The van der Waals surface area contributed by atoms with Crippen molar-refractivity contribution in [2.45, 2.75) is 10.7 Å². The molecule has 6 heteroatoms. The first kappa shape index (κ1) is 13.6. The van der Waals surface area contributed by atoms with Gasteiger partial charge in [-0.15, -0.1) is 0 Å². The van der Waals surface area contributed by atoms with Crippen LogP contribution >= 0.6 is 11.8 Å². The van der Waals surface area contributed by atoms with Crippen LogP contribution in [0.1, 0.15) is 10.5 Å². The molecule has 0 aliphatic heterocycles. The zero-order valence-electron chi connectivity index (χ0n) is 10.1. The van der Waals surface area contributed by atoms with Gasteiger partial charge >= 0.3 is 0 Å². The van der Waals surface area contributed by atoms with Gasteiger partial charge < -0.3 is 9.88 Å². The predicted octanol–water partition coefficient (Wildman–Crippen LogP) is 3.59. The fourth-order valence-corrected chi connectivity index (χ4v) is 2.11. The number of benzene rings is 1. The van der Waals surface area contributed by atoms with E-state index in [0.717, 1.165) is 0 Å². The average molecular weight is 282 g/mol. The van der Waals surface area contributed by atoms with Gasteiger partial charge in [0.2, 0.25) is 0 Å². The van der Waals surface area contributed by atoms with Crippen molar-refractivity contribution in [2.75, 3.05) is 5.32 Å². The quantitative estimate of drug-likeness (QED) is 0.869. The molecule has 1 N–H and O–H groups in total. The average Bonchev–Trinajstić information content (AvgIpc) is 2.77. The second-order valence-corrected chi connectivity index (χ2v) is 4.92. The summed E-state index contributed by atoms with van der Waals surface area (Å²) in [5, 5.41) is 2.71. The summed E-state index contributed by atoms with van der Waals surface area (Å²) >= 11 is 0.476. The summed E-state index contributed by atoms with van der Waals surface area (Å²) in [6, 6.07) is 9.79. The Morgan fingerprint density at radius 2 is 1.95 bits per heavy atom. The van der Waals surface area contributed by atoms with Gasteiger partial charge in [-0.2, -0.15) is 8.78 Å². The summed E-state index contributed by atoms with van der Waals surface area (Å²) in [7, 11) is 1.78. The number of hydrogen-bond donors (Lipinski definition) is 1. The zero-order valence-corrected chi connectivity index (χ0v) is 11.0. The van der Waals surface area contributed by atoms with Crippen LogP contribution in [0.2, 0.25) is 0 Å². The van der Waals surface area contributed by atoms with E-state index in [1.807, 2.05) is 0 Å². The Bertz CT molecular complexity index is 566. The molecule has 0 unspecified atom stereocenters. The van der Waals surface area contributed by atoms with Crippen LogP contribution in [0.4, 0.5) is 14.5 Å². The number of aryl methyl sites for hydroxylation is 1.